The first kappa shape index (κ1) is 17.0. The molecule has 0 fully saturated rings. The van der Waals surface area contributed by atoms with E-state index in [1.54, 1.807) is 12.1 Å². The van der Waals surface area contributed by atoms with Gasteiger partial charge in [0.05, 0.1) is 0 Å². The SMILES string of the molecule is Cc1ccc(N)cc1C(=O)NCCCC(=O)N1Cc2ccccc2C1. The standard InChI is InChI=1S/C20H23N3O2/c1-14-8-9-17(21)11-18(14)20(25)22-10-4-7-19(24)23-12-15-5-2-3-6-16(15)13-23/h2-3,5-6,8-9,11H,4,7,10,12-13,21H2,1H3,(H,22,25). The van der Waals surface area contributed by atoms with Crippen molar-refractivity contribution in [1.29, 1.82) is 0 Å². The van der Waals surface area contributed by atoms with Crippen molar-refractivity contribution in [2.75, 3.05) is 12.3 Å². The molecule has 2 aromatic carbocycles. The van der Waals surface area contributed by atoms with Crippen LogP contribution in [0.1, 0.15) is 39.9 Å². The average molecular weight is 337 g/mol. The first-order chi connectivity index (χ1) is 12.0. The first-order valence-electron chi connectivity index (χ1n) is 8.53. The Labute approximate surface area is 147 Å². The first-order valence-corrected chi connectivity index (χ1v) is 8.53. The molecule has 0 aromatic heterocycles. The summed E-state index contributed by atoms with van der Waals surface area (Å²) >= 11 is 0. The summed E-state index contributed by atoms with van der Waals surface area (Å²) in [4.78, 5) is 26.4. The number of fused-ring (bicyclic) bond motifs is 1. The molecule has 3 rings (SSSR count). The number of rotatable bonds is 5. The fraction of sp³-hybridized carbons (Fsp3) is 0.300. The molecular weight excluding hydrogens is 314 g/mol. The van der Waals surface area contributed by atoms with Crippen molar-refractivity contribution in [1.82, 2.24) is 10.2 Å². The van der Waals surface area contributed by atoms with Gasteiger partial charge in [0, 0.05) is 37.3 Å². The van der Waals surface area contributed by atoms with Crippen LogP contribution in [0.5, 0.6) is 0 Å². The molecule has 25 heavy (non-hydrogen) atoms. The normalized spacial score (nSPS) is 12.8. The molecule has 130 valence electrons. The minimum absolute atomic E-state index is 0.130. The summed E-state index contributed by atoms with van der Waals surface area (Å²) in [6.45, 7) is 3.72. The molecule has 2 aromatic rings. The van der Waals surface area contributed by atoms with E-state index in [2.05, 4.69) is 17.4 Å². The number of carbonyl (C=O) groups is 2. The molecular formula is C20H23N3O2. The van der Waals surface area contributed by atoms with Crippen molar-refractivity contribution >= 4 is 17.5 Å². The van der Waals surface area contributed by atoms with Crippen LogP contribution < -0.4 is 11.1 Å². The number of hydrogen-bond donors (Lipinski definition) is 2. The maximum Gasteiger partial charge on any atom is 0.251 e. The average Bonchev–Trinajstić information content (AvgIpc) is 3.04. The fourth-order valence-corrected chi connectivity index (χ4v) is 3.09. The quantitative estimate of drug-likeness (QED) is 0.650. The predicted molar refractivity (Wildman–Crippen MR) is 97.9 cm³/mol. The van der Waals surface area contributed by atoms with Gasteiger partial charge in [-0.1, -0.05) is 30.3 Å². The zero-order valence-corrected chi connectivity index (χ0v) is 14.4. The smallest absolute Gasteiger partial charge is 0.251 e. The van der Waals surface area contributed by atoms with Gasteiger partial charge in [-0.05, 0) is 42.2 Å². The van der Waals surface area contributed by atoms with E-state index < -0.39 is 0 Å². The molecule has 0 unspecified atom stereocenters. The third-order valence-corrected chi connectivity index (χ3v) is 4.55. The molecule has 0 saturated heterocycles. The second-order valence-electron chi connectivity index (χ2n) is 6.45. The van der Waals surface area contributed by atoms with Crippen LogP contribution >= 0.6 is 0 Å². The maximum atomic E-state index is 12.3. The second kappa shape index (κ2) is 7.38. The second-order valence-corrected chi connectivity index (χ2v) is 6.45. The number of amides is 2. The number of anilines is 1. The highest BCUT2D eigenvalue weighted by molar-refractivity contribution is 5.96. The summed E-state index contributed by atoms with van der Waals surface area (Å²) in [7, 11) is 0. The van der Waals surface area contributed by atoms with Crippen LogP contribution in [-0.4, -0.2) is 23.3 Å². The zero-order valence-electron chi connectivity index (χ0n) is 14.4. The minimum Gasteiger partial charge on any atom is -0.399 e. The van der Waals surface area contributed by atoms with E-state index in [1.807, 2.05) is 30.0 Å². The van der Waals surface area contributed by atoms with Crippen LogP contribution in [0.3, 0.4) is 0 Å². The lowest BCUT2D eigenvalue weighted by Gasteiger charge is -2.15. The molecule has 0 radical (unpaired) electrons. The van der Waals surface area contributed by atoms with Crippen molar-refractivity contribution in [2.24, 2.45) is 0 Å². The summed E-state index contributed by atoms with van der Waals surface area (Å²) in [5.41, 5.74) is 10.2. The van der Waals surface area contributed by atoms with E-state index >= 15 is 0 Å². The molecule has 1 aliphatic heterocycles. The molecule has 0 bridgehead atoms. The Morgan fingerprint density at radius 1 is 1.12 bits per heavy atom. The van der Waals surface area contributed by atoms with Gasteiger partial charge in [-0.2, -0.15) is 0 Å². The molecule has 1 aliphatic rings. The van der Waals surface area contributed by atoms with Crippen LogP contribution in [0.2, 0.25) is 0 Å². The number of benzene rings is 2. The van der Waals surface area contributed by atoms with Crippen LogP contribution in [0.25, 0.3) is 0 Å². The molecule has 0 atom stereocenters. The number of aryl methyl sites for hydroxylation is 1. The van der Waals surface area contributed by atoms with Crippen molar-refractivity contribution < 1.29 is 9.59 Å². The van der Waals surface area contributed by atoms with Gasteiger partial charge in [0.2, 0.25) is 5.91 Å². The van der Waals surface area contributed by atoms with E-state index in [4.69, 9.17) is 5.73 Å². The van der Waals surface area contributed by atoms with Crippen LogP contribution in [0, 0.1) is 6.92 Å². The topological polar surface area (TPSA) is 75.4 Å². The van der Waals surface area contributed by atoms with Crippen molar-refractivity contribution in [3.8, 4) is 0 Å². The minimum atomic E-state index is -0.147. The molecule has 0 spiro atoms. The van der Waals surface area contributed by atoms with Gasteiger partial charge in [-0.25, -0.2) is 0 Å². The highest BCUT2D eigenvalue weighted by Gasteiger charge is 2.22. The van der Waals surface area contributed by atoms with Gasteiger partial charge in [0.15, 0.2) is 0 Å². The van der Waals surface area contributed by atoms with E-state index in [0.717, 1.165) is 5.56 Å². The highest BCUT2D eigenvalue weighted by atomic mass is 16.2. The number of nitrogens with two attached hydrogens (primary N) is 1. The van der Waals surface area contributed by atoms with Gasteiger partial charge in [-0.15, -0.1) is 0 Å². The van der Waals surface area contributed by atoms with Gasteiger partial charge in [0.1, 0.15) is 0 Å². The lowest BCUT2D eigenvalue weighted by molar-refractivity contribution is -0.131. The largest absolute Gasteiger partial charge is 0.399 e. The number of hydrogen-bond acceptors (Lipinski definition) is 3. The molecule has 1 heterocycles. The Balaban J connectivity index is 1.44. The molecule has 3 N–H and O–H groups in total. The van der Waals surface area contributed by atoms with Crippen molar-refractivity contribution in [3.05, 3.63) is 64.7 Å². The van der Waals surface area contributed by atoms with E-state index in [9.17, 15) is 9.59 Å². The lowest BCUT2D eigenvalue weighted by atomic mass is 10.1. The Morgan fingerprint density at radius 3 is 2.48 bits per heavy atom. The molecule has 0 saturated carbocycles. The van der Waals surface area contributed by atoms with E-state index in [1.165, 1.54) is 11.1 Å². The Morgan fingerprint density at radius 2 is 1.80 bits per heavy atom. The number of nitrogens with zero attached hydrogens (tertiary/aromatic N) is 1. The lowest BCUT2D eigenvalue weighted by Crippen LogP contribution is -2.28. The van der Waals surface area contributed by atoms with Gasteiger partial charge in [-0.3, -0.25) is 9.59 Å². The summed E-state index contributed by atoms with van der Waals surface area (Å²) < 4.78 is 0. The maximum absolute atomic E-state index is 12.3. The third-order valence-electron chi connectivity index (χ3n) is 4.55. The van der Waals surface area contributed by atoms with Crippen LogP contribution in [-0.2, 0) is 17.9 Å². The summed E-state index contributed by atoms with van der Waals surface area (Å²) in [6.07, 6.45) is 1.06. The Kier molecular flexibility index (Phi) is 5.03. The predicted octanol–water partition coefficient (Wildman–Crippen LogP) is 2.63. The fourth-order valence-electron chi connectivity index (χ4n) is 3.09. The van der Waals surface area contributed by atoms with E-state index in [-0.39, 0.29) is 11.8 Å². The van der Waals surface area contributed by atoms with E-state index in [0.29, 0.717) is 43.7 Å². The zero-order chi connectivity index (χ0) is 17.8. The molecule has 2 amide bonds. The highest BCUT2D eigenvalue weighted by Crippen LogP contribution is 2.22. The van der Waals surface area contributed by atoms with Crippen LogP contribution in [0.15, 0.2) is 42.5 Å². The Bertz CT molecular complexity index is 776. The summed E-state index contributed by atoms with van der Waals surface area (Å²) in [6, 6.07) is 13.4. The monoisotopic (exact) mass is 337 g/mol. The number of nitrogen functional groups attached to an aromatic ring is 1. The number of nitrogens with one attached hydrogen (secondary N) is 1. The number of carbonyl (C=O) groups excluding carboxylic acids is 2. The van der Waals surface area contributed by atoms with Gasteiger partial charge < -0.3 is 16.0 Å². The summed E-state index contributed by atoms with van der Waals surface area (Å²) in [5, 5.41) is 2.86. The molecule has 5 nitrogen and oxygen atoms in total. The van der Waals surface area contributed by atoms with Crippen molar-refractivity contribution in [2.45, 2.75) is 32.9 Å². The Hall–Kier alpha value is -2.82. The molecule has 5 heteroatoms. The van der Waals surface area contributed by atoms with Crippen molar-refractivity contribution in [3.63, 3.8) is 0 Å². The summed E-state index contributed by atoms with van der Waals surface area (Å²) in [5.74, 6) is -0.0172. The third kappa shape index (κ3) is 3.99. The van der Waals surface area contributed by atoms with Gasteiger partial charge in [0.25, 0.3) is 5.91 Å². The molecule has 0 aliphatic carbocycles. The van der Waals surface area contributed by atoms with Gasteiger partial charge >= 0.3 is 0 Å². The van der Waals surface area contributed by atoms with Crippen LogP contribution in [0.4, 0.5) is 5.69 Å².